The zero-order chi connectivity index (χ0) is 12.3. The van der Waals surface area contributed by atoms with Gasteiger partial charge in [0.2, 0.25) is 0 Å². The molecule has 0 radical (unpaired) electrons. The smallest absolute Gasteiger partial charge is 0.0615 e. The second-order valence-electron chi connectivity index (χ2n) is 5.64. The second-order valence-corrected chi connectivity index (χ2v) is 6.42. The van der Waals surface area contributed by atoms with Crippen LogP contribution in [0.3, 0.4) is 0 Å². The van der Waals surface area contributed by atoms with E-state index in [-0.39, 0.29) is 5.54 Å². The van der Waals surface area contributed by atoms with Crippen molar-refractivity contribution >= 4 is 11.3 Å². The van der Waals surface area contributed by atoms with Gasteiger partial charge in [-0.1, -0.05) is 13.8 Å². The molecule has 0 saturated carbocycles. The van der Waals surface area contributed by atoms with E-state index >= 15 is 0 Å². The van der Waals surface area contributed by atoms with Crippen LogP contribution in [-0.4, -0.2) is 28.7 Å². The molecule has 2 heterocycles. The van der Waals surface area contributed by atoms with Gasteiger partial charge < -0.3 is 5.11 Å². The molecule has 0 bridgehead atoms. The average molecular weight is 253 g/mol. The van der Waals surface area contributed by atoms with E-state index in [1.807, 2.05) is 0 Å². The number of aliphatic hydroxyl groups excluding tert-OH is 1. The minimum absolute atomic E-state index is 0.0378. The van der Waals surface area contributed by atoms with Crippen LogP contribution in [0.25, 0.3) is 0 Å². The molecule has 1 N–H and O–H groups in total. The Bertz CT molecular complexity index is 336. The third-order valence-electron chi connectivity index (χ3n) is 3.78. The first-order valence-electron chi connectivity index (χ1n) is 6.53. The van der Waals surface area contributed by atoms with Crippen LogP contribution in [0, 0.1) is 5.92 Å². The van der Waals surface area contributed by atoms with Crippen LogP contribution in [0.4, 0.5) is 0 Å². The quantitative estimate of drug-likeness (QED) is 0.871. The van der Waals surface area contributed by atoms with Gasteiger partial charge in [-0.25, -0.2) is 0 Å². The van der Waals surface area contributed by atoms with Crippen molar-refractivity contribution in [3.63, 3.8) is 0 Å². The van der Waals surface area contributed by atoms with Crippen molar-refractivity contribution in [2.45, 2.75) is 45.2 Å². The summed E-state index contributed by atoms with van der Waals surface area (Å²) in [5.41, 5.74) is 1.43. The van der Waals surface area contributed by atoms with Crippen molar-refractivity contribution in [1.82, 2.24) is 4.90 Å². The lowest BCUT2D eigenvalue weighted by molar-refractivity contribution is 0.0410. The highest BCUT2D eigenvalue weighted by Gasteiger charge is 2.40. The van der Waals surface area contributed by atoms with Crippen molar-refractivity contribution in [2.75, 3.05) is 13.2 Å². The number of likely N-dealkylation sites (tertiary alicyclic amines) is 1. The Morgan fingerprint density at radius 3 is 2.94 bits per heavy atom. The standard InChI is InChI=1S/C14H23NOS/c1-12(2)8-14(11-16)5-3-6-15(14)9-13-4-7-17-10-13/h4,7,10,12,16H,3,5-6,8-9,11H2,1-2H3. The molecule has 0 aromatic carbocycles. The van der Waals surface area contributed by atoms with Gasteiger partial charge >= 0.3 is 0 Å². The number of thiophene rings is 1. The molecule has 1 aliphatic rings. The largest absolute Gasteiger partial charge is 0.394 e. The fourth-order valence-electron chi connectivity index (χ4n) is 3.08. The van der Waals surface area contributed by atoms with Crippen LogP contribution >= 0.6 is 11.3 Å². The molecule has 3 heteroatoms. The first-order chi connectivity index (χ1) is 8.16. The van der Waals surface area contributed by atoms with E-state index in [9.17, 15) is 5.11 Å². The predicted molar refractivity (Wildman–Crippen MR) is 73.2 cm³/mol. The predicted octanol–water partition coefficient (Wildman–Crippen LogP) is 3.12. The molecular weight excluding hydrogens is 230 g/mol. The molecule has 1 aromatic heterocycles. The van der Waals surface area contributed by atoms with Crippen molar-refractivity contribution in [3.8, 4) is 0 Å². The van der Waals surface area contributed by atoms with Crippen molar-refractivity contribution in [1.29, 1.82) is 0 Å². The molecule has 0 spiro atoms. The molecule has 1 aliphatic heterocycles. The third kappa shape index (κ3) is 2.90. The molecule has 96 valence electrons. The molecule has 1 aromatic rings. The highest BCUT2D eigenvalue weighted by atomic mass is 32.1. The summed E-state index contributed by atoms with van der Waals surface area (Å²) in [6.45, 7) is 6.92. The Labute approximate surface area is 108 Å². The highest BCUT2D eigenvalue weighted by Crippen LogP contribution is 2.36. The summed E-state index contributed by atoms with van der Waals surface area (Å²) >= 11 is 1.76. The third-order valence-corrected chi connectivity index (χ3v) is 4.51. The molecule has 1 unspecified atom stereocenters. The van der Waals surface area contributed by atoms with Crippen LogP contribution in [0.2, 0.25) is 0 Å². The zero-order valence-corrected chi connectivity index (χ0v) is 11.7. The normalized spacial score (nSPS) is 25.9. The monoisotopic (exact) mass is 253 g/mol. The zero-order valence-electron chi connectivity index (χ0n) is 10.9. The minimum Gasteiger partial charge on any atom is -0.394 e. The summed E-state index contributed by atoms with van der Waals surface area (Å²) in [4.78, 5) is 2.50. The van der Waals surface area contributed by atoms with Gasteiger partial charge in [-0.15, -0.1) is 0 Å². The lowest BCUT2D eigenvalue weighted by Gasteiger charge is -2.38. The van der Waals surface area contributed by atoms with Gasteiger partial charge in [-0.05, 0) is 54.1 Å². The summed E-state index contributed by atoms with van der Waals surface area (Å²) in [6.07, 6.45) is 3.47. The van der Waals surface area contributed by atoms with Crippen LogP contribution < -0.4 is 0 Å². The van der Waals surface area contributed by atoms with E-state index in [0.29, 0.717) is 12.5 Å². The molecule has 1 saturated heterocycles. The highest BCUT2D eigenvalue weighted by molar-refractivity contribution is 7.07. The van der Waals surface area contributed by atoms with E-state index in [1.165, 1.54) is 12.0 Å². The van der Waals surface area contributed by atoms with Gasteiger partial charge in [-0.3, -0.25) is 4.90 Å². The second kappa shape index (κ2) is 5.51. The van der Waals surface area contributed by atoms with Crippen molar-refractivity contribution in [2.24, 2.45) is 5.92 Å². The van der Waals surface area contributed by atoms with E-state index < -0.39 is 0 Å². The van der Waals surface area contributed by atoms with E-state index in [0.717, 1.165) is 25.9 Å². The fourth-order valence-corrected chi connectivity index (χ4v) is 3.74. The van der Waals surface area contributed by atoms with Gasteiger partial charge in [-0.2, -0.15) is 11.3 Å². The van der Waals surface area contributed by atoms with Gasteiger partial charge in [0.05, 0.1) is 6.61 Å². The molecular formula is C14H23NOS. The van der Waals surface area contributed by atoms with Crippen molar-refractivity contribution < 1.29 is 5.11 Å². The Hall–Kier alpha value is -0.380. The lowest BCUT2D eigenvalue weighted by atomic mass is 9.87. The first-order valence-corrected chi connectivity index (χ1v) is 7.47. The Morgan fingerprint density at radius 1 is 1.53 bits per heavy atom. The first kappa shape index (κ1) is 13.1. The van der Waals surface area contributed by atoms with Crippen LogP contribution in [0.5, 0.6) is 0 Å². The van der Waals surface area contributed by atoms with Crippen LogP contribution in [0.15, 0.2) is 16.8 Å². The maximum absolute atomic E-state index is 9.83. The minimum atomic E-state index is 0.0378. The lowest BCUT2D eigenvalue weighted by Crippen LogP contribution is -2.47. The molecule has 17 heavy (non-hydrogen) atoms. The number of aliphatic hydroxyl groups is 1. The Morgan fingerprint density at radius 2 is 2.35 bits per heavy atom. The summed E-state index contributed by atoms with van der Waals surface area (Å²) in [6, 6.07) is 2.19. The SMILES string of the molecule is CC(C)CC1(CO)CCCN1Cc1ccsc1. The van der Waals surface area contributed by atoms with E-state index in [1.54, 1.807) is 11.3 Å². The van der Waals surface area contributed by atoms with Gasteiger partial charge in [0.1, 0.15) is 0 Å². The van der Waals surface area contributed by atoms with Crippen molar-refractivity contribution in [3.05, 3.63) is 22.4 Å². The summed E-state index contributed by atoms with van der Waals surface area (Å²) in [5.74, 6) is 0.644. The molecule has 0 amide bonds. The maximum Gasteiger partial charge on any atom is 0.0615 e. The topological polar surface area (TPSA) is 23.5 Å². The average Bonchev–Trinajstić information content (AvgIpc) is 2.90. The molecule has 1 fully saturated rings. The summed E-state index contributed by atoms with van der Waals surface area (Å²) in [7, 11) is 0. The maximum atomic E-state index is 9.83. The van der Waals surface area contributed by atoms with Gasteiger partial charge in [0.15, 0.2) is 0 Å². The number of hydrogen-bond acceptors (Lipinski definition) is 3. The summed E-state index contributed by atoms with van der Waals surface area (Å²) in [5, 5.41) is 14.2. The Kier molecular flexibility index (Phi) is 4.23. The van der Waals surface area contributed by atoms with Crippen LogP contribution in [0.1, 0.15) is 38.7 Å². The molecule has 1 atom stereocenters. The Balaban J connectivity index is 2.08. The molecule has 0 aliphatic carbocycles. The number of hydrogen-bond donors (Lipinski definition) is 1. The number of nitrogens with zero attached hydrogens (tertiary/aromatic N) is 1. The van der Waals surface area contributed by atoms with E-state index in [2.05, 4.69) is 35.6 Å². The van der Waals surface area contributed by atoms with Crippen LogP contribution in [-0.2, 0) is 6.54 Å². The number of rotatable bonds is 5. The molecule has 2 rings (SSSR count). The van der Waals surface area contributed by atoms with E-state index in [4.69, 9.17) is 0 Å². The fraction of sp³-hybridized carbons (Fsp3) is 0.714. The summed E-state index contributed by atoms with van der Waals surface area (Å²) < 4.78 is 0. The molecule has 2 nitrogen and oxygen atoms in total. The van der Waals surface area contributed by atoms with Gasteiger partial charge in [0.25, 0.3) is 0 Å². The van der Waals surface area contributed by atoms with Gasteiger partial charge in [0, 0.05) is 12.1 Å².